The third kappa shape index (κ3) is 2.85. The van der Waals surface area contributed by atoms with Crippen molar-refractivity contribution in [3.05, 3.63) is 0 Å². The molecule has 0 aromatic rings. The van der Waals surface area contributed by atoms with Gasteiger partial charge in [0.05, 0.1) is 5.71 Å². The summed E-state index contributed by atoms with van der Waals surface area (Å²) in [5.41, 5.74) is 0.525. The van der Waals surface area contributed by atoms with Crippen LogP contribution in [0.1, 0.15) is 13.8 Å². The molecule has 0 aliphatic carbocycles. The number of carbonyl (C=O) groups excluding carboxylic acids is 1. The molecule has 0 radical (unpaired) electrons. The summed E-state index contributed by atoms with van der Waals surface area (Å²) in [6.45, 7) is 4.22. The molecule has 0 spiro atoms. The Morgan fingerprint density at radius 2 is 2.22 bits per heavy atom. The van der Waals surface area contributed by atoms with E-state index < -0.39 is 0 Å². The number of hydrogen-bond donors (Lipinski definition) is 1. The fourth-order valence-corrected chi connectivity index (χ4v) is 0.390. The maximum absolute atomic E-state index is 10.7. The van der Waals surface area contributed by atoms with Gasteiger partial charge in [0.25, 0.3) is 5.91 Å². The molecule has 0 unspecified atom stereocenters. The highest BCUT2D eigenvalue weighted by Gasteiger charge is 1.99. The first-order valence-electron chi connectivity index (χ1n) is 2.94. The summed E-state index contributed by atoms with van der Waals surface area (Å²) in [6, 6.07) is 0. The van der Waals surface area contributed by atoms with Crippen LogP contribution in [0.2, 0.25) is 0 Å². The molecule has 0 rings (SSSR count). The van der Waals surface area contributed by atoms with Gasteiger partial charge in [0.2, 0.25) is 0 Å². The fourth-order valence-electron chi connectivity index (χ4n) is 0.390. The molecule has 0 atom stereocenters. The monoisotopic (exact) mass is 128 g/mol. The predicted octanol–water partition coefficient (Wildman–Crippen LogP) is 0.213. The first-order valence-corrected chi connectivity index (χ1v) is 2.94. The molecule has 0 aliphatic heterocycles. The van der Waals surface area contributed by atoms with Gasteiger partial charge in [-0.3, -0.25) is 9.79 Å². The molecule has 0 aromatic heterocycles. The second-order valence-corrected chi connectivity index (χ2v) is 1.67. The first kappa shape index (κ1) is 8.14. The van der Waals surface area contributed by atoms with Crippen molar-refractivity contribution in [2.24, 2.45) is 4.99 Å². The van der Waals surface area contributed by atoms with Crippen LogP contribution in [0.4, 0.5) is 0 Å². The van der Waals surface area contributed by atoms with Gasteiger partial charge >= 0.3 is 0 Å². The summed E-state index contributed by atoms with van der Waals surface area (Å²) in [5, 5.41) is 2.63. The average molecular weight is 128 g/mol. The number of carbonyl (C=O) groups is 1. The molecule has 0 aliphatic rings. The number of aliphatic imine (C=N–C) groups is 1. The van der Waals surface area contributed by atoms with E-state index in [1.807, 2.05) is 6.92 Å². The molecule has 9 heavy (non-hydrogen) atoms. The number of amides is 1. The lowest BCUT2D eigenvalue weighted by atomic mass is 10.4. The Bertz CT molecular complexity index is 129. The van der Waals surface area contributed by atoms with E-state index in [9.17, 15) is 4.79 Å². The molecule has 3 nitrogen and oxygen atoms in total. The Morgan fingerprint density at radius 1 is 1.67 bits per heavy atom. The highest BCUT2D eigenvalue weighted by atomic mass is 16.1. The summed E-state index contributed by atoms with van der Waals surface area (Å²) in [4.78, 5) is 14.4. The van der Waals surface area contributed by atoms with Gasteiger partial charge < -0.3 is 5.32 Å². The van der Waals surface area contributed by atoms with Crippen molar-refractivity contribution in [3.63, 3.8) is 0 Å². The topological polar surface area (TPSA) is 41.5 Å². The van der Waals surface area contributed by atoms with Gasteiger partial charge in [0.15, 0.2) is 0 Å². The van der Waals surface area contributed by atoms with Crippen LogP contribution in [-0.4, -0.2) is 25.2 Å². The van der Waals surface area contributed by atoms with Crippen LogP contribution in [0.25, 0.3) is 0 Å². The zero-order valence-electron chi connectivity index (χ0n) is 6.06. The Labute approximate surface area is 55.2 Å². The normalized spacial score (nSPS) is 11.2. The van der Waals surface area contributed by atoms with Gasteiger partial charge in [-0.1, -0.05) is 0 Å². The summed E-state index contributed by atoms with van der Waals surface area (Å²) < 4.78 is 0. The number of hydrogen-bond acceptors (Lipinski definition) is 2. The summed E-state index contributed by atoms with van der Waals surface area (Å²) >= 11 is 0. The third-order valence-corrected chi connectivity index (χ3v) is 1.00. The van der Waals surface area contributed by atoms with Crippen LogP contribution in [0.3, 0.4) is 0 Å². The maximum Gasteiger partial charge on any atom is 0.264 e. The van der Waals surface area contributed by atoms with Crippen LogP contribution in [-0.2, 0) is 4.79 Å². The second-order valence-electron chi connectivity index (χ2n) is 1.67. The molecular formula is C6H12N2O. The minimum absolute atomic E-state index is 0.0833. The van der Waals surface area contributed by atoms with E-state index in [-0.39, 0.29) is 5.91 Å². The lowest BCUT2D eigenvalue weighted by Gasteiger charge is -1.97. The zero-order valence-corrected chi connectivity index (χ0v) is 6.06. The molecule has 3 heteroatoms. The average Bonchev–Trinajstić information content (AvgIpc) is 1.87. The van der Waals surface area contributed by atoms with Gasteiger partial charge in [-0.2, -0.15) is 0 Å². The Hall–Kier alpha value is -0.860. The van der Waals surface area contributed by atoms with E-state index in [0.29, 0.717) is 12.3 Å². The fraction of sp³-hybridized carbons (Fsp3) is 0.667. The van der Waals surface area contributed by atoms with Gasteiger partial charge in [0.1, 0.15) is 0 Å². The summed E-state index contributed by atoms with van der Waals surface area (Å²) in [7, 11) is 1.60. The van der Waals surface area contributed by atoms with Crippen molar-refractivity contribution in [3.8, 4) is 0 Å². The van der Waals surface area contributed by atoms with E-state index in [0.717, 1.165) is 0 Å². The largest absolute Gasteiger partial charge is 0.351 e. The molecule has 1 N–H and O–H groups in total. The maximum atomic E-state index is 10.7. The Balaban J connectivity index is 3.74. The van der Waals surface area contributed by atoms with Crippen LogP contribution >= 0.6 is 0 Å². The molecule has 0 aromatic carbocycles. The standard InChI is InChI=1S/C6H12N2O/c1-4-8-6(9)5(2)7-3/h4H2,1-3H3,(H,8,9). The van der Waals surface area contributed by atoms with Gasteiger partial charge in [-0.15, -0.1) is 0 Å². The van der Waals surface area contributed by atoms with Crippen molar-refractivity contribution >= 4 is 11.6 Å². The predicted molar refractivity (Wildman–Crippen MR) is 37.7 cm³/mol. The van der Waals surface area contributed by atoms with Crippen molar-refractivity contribution in [2.45, 2.75) is 13.8 Å². The lowest BCUT2D eigenvalue weighted by molar-refractivity contribution is -0.114. The van der Waals surface area contributed by atoms with Crippen LogP contribution in [0.15, 0.2) is 4.99 Å². The van der Waals surface area contributed by atoms with Crippen molar-refractivity contribution in [1.29, 1.82) is 0 Å². The summed E-state index contributed by atoms with van der Waals surface area (Å²) in [5.74, 6) is -0.0833. The van der Waals surface area contributed by atoms with Crippen molar-refractivity contribution in [1.82, 2.24) is 5.32 Å². The highest BCUT2D eigenvalue weighted by Crippen LogP contribution is 1.73. The molecular weight excluding hydrogens is 116 g/mol. The molecule has 52 valence electrons. The quantitative estimate of drug-likeness (QED) is 0.531. The SMILES string of the molecule is CCNC(=O)C(C)=NC. The van der Waals surface area contributed by atoms with Gasteiger partial charge in [0, 0.05) is 13.6 Å². The van der Waals surface area contributed by atoms with E-state index in [4.69, 9.17) is 0 Å². The number of nitrogens with zero attached hydrogens (tertiary/aromatic N) is 1. The van der Waals surface area contributed by atoms with Gasteiger partial charge in [-0.25, -0.2) is 0 Å². The summed E-state index contributed by atoms with van der Waals surface area (Å²) in [6.07, 6.45) is 0. The minimum atomic E-state index is -0.0833. The Morgan fingerprint density at radius 3 is 2.56 bits per heavy atom. The molecule has 0 bridgehead atoms. The smallest absolute Gasteiger partial charge is 0.264 e. The second kappa shape index (κ2) is 4.06. The highest BCUT2D eigenvalue weighted by molar-refractivity contribution is 6.37. The van der Waals surface area contributed by atoms with Crippen molar-refractivity contribution < 1.29 is 4.79 Å². The van der Waals surface area contributed by atoms with Crippen LogP contribution in [0.5, 0.6) is 0 Å². The number of nitrogens with one attached hydrogen (secondary N) is 1. The van der Waals surface area contributed by atoms with Crippen LogP contribution < -0.4 is 5.32 Å². The molecule has 0 fully saturated rings. The molecule has 0 saturated carbocycles. The molecule has 0 heterocycles. The van der Waals surface area contributed by atoms with E-state index in [1.54, 1.807) is 14.0 Å². The molecule has 1 amide bonds. The van der Waals surface area contributed by atoms with E-state index >= 15 is 0 Å². The number of rotatable bonds is 2. The minimum Gasteiger partial charge on any atom is -0.351 e. The molecule has 0 saturated heterocycles. The van der Waals surface area contributed by atoms with E-state index in [1.165, 1.54) is 0 Å². The van der Waals surface area contributed by atoms with Crippen molar-refractivity contribution in [2.75, 3.05) is 13.6 Å². The Kier molecular flexibility index (Phi) is 3.67. The van der Waals surface area contributed by atoms with E-state index in [2.05, 4.69) is 10.3 Å². The first-order chi connectivity index (χ1) is 4.22. The zero-order chi connectivity index (χ0) is 7.28. The third-order valence-electron chi connectivity index (χ3n) is 1.00. The van der Waals surface area contributed by atoms with Crippen LogP contribution in [0, 0.1) is 0 Å². The van der Waals surface area contributed by atoms with Gasteiger partial charge in [-0.05, 0) is 13.8 Å². The lowest BCUT2D eigenvalue weighted by Crippen LogP contribution is -2.28.